The highest BCUT2D eigenvalue weighted by molar-refractivity contribution is 5.77. The van der Waals surface area contributed by atoms with Gasteiger partial charge in [0, 0.05) is 6.20 Å². The van der Waals surface area contributed by atoms with Gasteiger partial charge in [0.15, 0.2) is 23.4 Å². The topological polar surface area (TPSA) is 126 Å². The summed E-state index contributed by atoms with van der Waals surface area (Å²) in [5, 5.41) is 18.6. The van der Waals surface area contributed by atoms with Crippen LogP contribution in [0.1, 0.15) is 13.2 Å². The van der Waals surface area contributed by atoms with Crippen LogP contribution >= 0.6 is 0 Å². The second kappa shape index (κ2) is 4.73. The SMILES string of the molecule is C[C@@]1(F)[C@H](O)[C@@H](CO)O[C@H]1n1cc(F)c2c(=O)[nH]c(N)nc21. The number of ether oxygens (including phenoxy) is 1. The molecular weight excluding hydrogens is 302 g/mol. The third kappa shape index (κ3) is 1.91. The lowest BCUT2D eigenvalue weighted by atomic mass is 9.98. The van der Waals surface area contributed by atoms with Crippen molar-refractivity contribution in [3.05, 3.63) is 22.4 Å². The fraction of sp³-hybridized carbons (Fsp3) is 0.500. The third-order valence-electron chi connectivity index (χ3n) is 3.80. The first-order valence-corrected chi connectivity index (χ1v) is 6.46. The maximum atomic E-state index is 14.8. The monoisotopic (exact) mass is 316 g/mol. The van der Waals surface area contributed by atoms with Crippen LogP contribution in [0.2, 0.25) is 0 Å². The molecule has 0 saturated carbocycles. The van der Waals surface area contributed by atoms with E-state index in [0.717, 1.165) is 17.7 Å². The summed E-state index contributed by atoms with van der Waals surface area (Å²) in [6.07, 6.45) is -3.43. The molecule has 1 fully saturated rings. The lowest BCUT2D eigenvalue weighted by Gasteiger charge is -2.24. The van der Waals surface area contributed by atoms with Crippen LogP contribution in [0.5, 0.6) is 0 Å². The predicted molar refractivity (Wildman–Crippen MR) is 71.2 cm³/mol. The Bertz CT molecular complexity index is 787. The van der Waals surface area contributed by atoms with E-state index in [4.69, 9.17) is 15.6 Å². The Morgan fingerprint density at radius 1 is 1.64 bits per heavy atom. The number of aromatic amines is 1. The summed E-state index contributed by atoms with van der Waals surface area (Å²) >= 11 is 0. The summed E-state index contributed by atoms with van der Waals surface area (Å²) in [6.45, 7) is 0.438. The van der Waals surface area contributed by atoms with Gasteiger partial charge in [0.25, 0.3) is 5.56 Å². The van der Waals surface area contributed by atoms with Gasteiger partial charge in [-0.2, -0.15) is 4.98 Å². The van der Waals surface area contributed by atoms with Crippen molar-refractivity contribution in [2.45, 2.75) is 31.0 Å². The number of H-pyrrole nitrogens is 1. The molecule has 0 aliphatic carbocycles. The van der Waals surface area contributed by atoms with Crippen molar-refractivity contribution in [3.63, 3.8) is 0 Å². The summed E-state index contributed by atoms with van der Waals surface area (Å²) in [7, 11) is 0. The van der Waals surface area contributed by atoms with E-state index >= 15 is 0 Å². The zero-order valence-electron chi connectivity index (χ0n) is 11.5. The molecule has 5 N–H and O–H groups in total. The van der Waals surface area contributed by atoms with E-state index in [9.17, 15) is 18.7 Å². The number of nitrogens with zero attached hydrogens (tertiary/aromatic N) is 2. The molecule has 0 aromatic carbocycles. The Kier molecular flexibility index (Phi) is 3.20. The molecule has 8 nitrogen and oxygen atoms in total. The molecule has 120 valence electrons. The number of nitrogens with one attached hydrogen (secondary N) is 1. The first-order valence-electron chi connectivity index (χ1n) is 6.46. The summed E-state index contributed by atoms with van der Waals surface area (Å²) in [6, 6.07) is 0. The number of aliphatic hydroxyl groups excluding tert-OH is 2. The van der Waals surface area contributed by atoms with Crippen molar-refractivity contribution in [2.75, 3.05) is 12.3 Å². The number of alkyl halides is 1. The number of hydrogen-bond donors (Lipinski definition) is 4. The van der Waals surface area contributed by atoms with Gasteiger partial charge in [-0.05, 0) is 6.92 Å². The lowest BCUT2D eigenvalue weighted by Crippen LogP contribution is -2.40. The van der Waals surface area contributed by atoms with Crippen molar-refractivity contribution in [1.82, 2.24) is 14.5 Å². The first-order chi connectivity index (χ1) is 10.3. The molecule has 1 aliphatic heterocycles. The average molecular weight is 316 g/mol. The number of anilines is 1. The minimum Gasteiger partial charge on any atom is -0.394 e. The Hall–Kier alpha value is -2.04. The van der Waals surface area contributed by atoms with E-state index in [1.807, 2.05) is 0 Å². The Labute approximate surface area is 122 Å². The van der Waals surface area contributed by atoms with Crippen LogP contribution in [-0.4, -0.2) is 49.2 Å². The van der Waals surface area contributed by atoms with Gasteiger partial charge in [-0.25, -0.2) is 8.78 Å². The summed E-state index contributed by atoms with van der Waals surface area (Å²) in [4.78, 5) is 17.7. The van der Waals surface area contributed by atoms with Crippen LogP contribution in [0, 0.1) is 5.82 Å². The van der Waals surface area contributed by atoms with E-state index in [0.29, 0.717) is 0 Å². The van der Waals surface area contributed by atoms with Gasteiger partial charge < -0.3 is 20.7 Å². The molecule has 0 amide bonds. The van der Waals surface area contributed by atoms with Crippen LogP contribution < -0.4 is 11.3 Å². The van der Waals surface area contributed by atoms with Crippen molar-refractivity contribution in [1.29, 1.82) is 0 Å². The Morgan fingerprint density at radius 2 is 2.32 bits per heavy atom. The molecule has 0 bridgehead atoms. The molecule has 0 radical (unpaired) electrons. The molecule has 0 spiro atoms. The van der Waals surface area contributed by atoms with E-state index in [1.165, 1.54) is 0 Å². The normalized spacial score (nSPS) is 32.0. The fourth-order valence-corrected chi connectivity index (χ4v) is 2.67. The molecule has 2 aromatic rings. The summed E-state index contributed by atoms with van der Waals surface area (Å²) < 4.78 is 34.9. The number of aromatic nitrogens is 3. The zero-order valence-corrected chi connectivity index (χ0v) is 11.5. The molecular formula is C12H14F2N4O4. The third-order valence-corrected chi connectivity index (χ3v) is 3.80. The molecule has 10 heteroatoms. The summed E-state index contributed by atoms with van der Waals surface area (Å²) in [5.41, 5.74) is 2.08. The second-order valence-corrected chi connectivity index (χ2v) is 5.34. The molecule has 0 unspecified atom stereocenters. The second-order valence-electron chi connectivity index (χ2n) is 5.34. The molecule has 3 heterocycles. The van der Waals surface area contributed by atoms with Crippen molar-refractivity contribution in [3.8, 4) is 0 Å². The van der Waals surface area contributed by atoms with Crippen molar-refractivity contribution >= 4 is 17.0 Å². The largest absolute Gasteiger partial charge is 0.394 e. The van der Waals surface area contributed by atoms with E-state index in [2.05, 4.69) is 9.97 Å². The van der Waals surface area contributed by atoms with E-state index in [-0.39, 0.29) is 11.6 Å². The molecule has 2 aromatic heterocycles. The van der Waals surface area contributed by atoms with Crippen LogP contribution in [-0.2, 0) is 4.74 Å². The van der Waals surface area contributed by atoms with Crippen LogP contribution in [0.4, 0.5) is 14.7 Å². The Balaban J connectivity index is 2.21. The van der Waals surface area contributed by atoms with Crippen LogP contribution in [0.3, 0.4) is 0 Å². The van der Waals surface area contributed by atoms with Crippen molar-refractivity contribution in [2.24, 2.45) is 0 Å². The van der Waals surface area contributed by atoms with Gasteiger partial charge in [-0.15, -0.1) is 0 Å². The smallest absolute Gasteiger partial charge is 0.264 e. The highest BCUT2D eigenvalue weighted by atomic mass is 19.1. The number of fused-ring (bicyclic) bond motifs is 1. The fourth-order valence-electron chi connectivity index (χ4n) is 2.67. The van der Waals surface area contributed by atoms with Gasteiger partial charge in [-0.3, -0.25) is 14.3 Å². The standard InChI is InChI=1S/C12H14F2N4O4/c1-12(14)7(20)5(3-19)22-10(12)18-2-4(13)6-8(18)16-11(15)17-9(6)21/h2,5,7,10,19-20H,3H2,1H3,(H3,15,16,17,21)/t5-,7-,10-,12-/m1/s1. The highest BCUT2D eigenvalue weighted by Crippen LogP contribution is 2.42. The van der Waals surface area contributed by atoms with Gasteiger partial charge in [-0.1, -0.05) is 0 Å². The molecule has 3 rings (SSSR count). The number of halogens is 2. The number of aliphatic hydroxyl groups is 2. The van der Waals surface area contributed by atoms with Crippen molar-refractivity contribution < 1.29 is 23.7 Å². The van der Waals surface area contributed by atoms with E-state index < -0.39 is 47.5 Å². The summed E-state index contributed by atoms with van der Waals surface area (Å²) in [5.74, 6) is -1.19. The molecule has 1 saturated heterocycles. The number of nitrogens with two attached hydrogens (primary N) is 1. The number of nitrogen functional groups attached to an aromatic ring is 1. The van der Waals surface area contributed by atoms with Crippen LogP contribution in [0.25, 0.3) is 11.0 Å². The quantitative estimate of drug-likeness (QED) is 0.587. The van der Waals surface area contributed by atoms with Gasteiger partial charge in [0.05, 0.1) is 6.61 Å². The van der Waals surface area contributed by atoms with E-state index in [1.54, 1.807) is 0 Å². The van der Waals surface area contributed by atoms with Gasteiger partial charge in [0.1, 0.15) is 17.6 Å². The molecule has 22 heavy (non-hydrogen) atoms. The maximum absolute atomic E-state index is 14.8. The molecule has 1 aliphatic rings. The predicted octanol–water partition coefficient (Wildman–Crippen LogP) is -0.575. The van der Waals surface area contributed by atoms with Gasteiger partial charge >= 0.3 is 0 Å². The van der Waals surface area contributed by atoms with Gasteiger partial charge in [0.2, 0.25) is 5.95 Å². The number of rotatable bonds is 2. The zero-order chi connectivity index (χ0) is 16.2. The molecule has 4 atom stereocenters. The maximum Gasteiger partial charge on any atom is 0.264 e. The number of hydrogen-bond acceptors (Lipinski definition) is 6. The first kappa shape index (κ1) is 14.9. The lowest BCUT2D eigenvalue weighted by molar-refractivity contribution is -0.0566. The minimum absolute atomic E-state index is 0.210. The highest BCUT2D eigenvalue weighted by Gasteiger charge is 2.55. The Morgan fingerprint density at radius 3 is 2.91 bits per heavy atom. The average Bonchev–Trinajstić information content (AvgIpc) is 2.86. The minimum atomic E-state index is -2.33. The van der Waals surface area contributed by atoms with Crippen LogP contribution in [0.15, 0.2) is 11.0 Å².